The zero-order valence-electron chi connectivity index (χ0n) is 23.0. The summed E-state index contributed by atoms with van der Waals surface area (Å²) in [4.78, 5) is 43.9. The van der Waals surface area contributed by atoms with Crippen LogP contribution in [-0.4, -0.2) is 82.7 Å². The average Bonchev–Trinajstić information content (AvgIpc) is 2.95. The molecule has 40 heavy (non-hydrogen) atoms. The summed E-state index contributed by atoms with van der Waals surface area (Å²) in [6.45, 7) is 4.95. The van der Waals surface area contributed by atoms with Crippen LogP contribution in [0.15, 0.2) is 54.6 Å². The highest BCUT2D eigenvalue weighted by atomic mass is 19.1. The SMILES string of the molecule is C#CCN1CC(=O)N2[C@@H](C(C)CC)C(=O)N(CCOCc3cccc(F)c3)C[C@@H]2N1C(=O)NCc1ccccc1. The third-order valence-electron chi connectivity index (χ3n) is 7.38. The third-order valence-corrected chi connectivity index (χ3v) is 7.38. The summed E-state index contributed by atoms with van der Waals surface area (Å²) in [6.07, 6.45) is 5.55. The molecule has 0 bridgehead atoms. The van der Waals surface area contributed by atoms with Gasteiger partial charge in [0, 0.05) is 13.1 Å². The van der Waals surface area contributed by atoms with E-state index in [1.165, 1.54) is 17.1 Å². The normalized spacial score (nSPS) is 20.2. The number of amides is 4. The van der Waals surface area contributed by atoms with Gasteiger partial charge in [-0.15, -0.1) is 6.42 Å². The van der Waals surface area contributed by atoms with Gasteiger partial charge in [0.15, 0.2) is 0 Å². The molecule has 1 unspecified atom stereocenters. The van der Waals surface area contributed by atoms with Gasteiger partial charge in [-0.1, -0.05) is 68.7 Å². The number of halogens is 1. The first kappa shape index (κ1) is 29.1. The summed E-state index contributed by atoms with van der Waals surface area (Å²) in [6, 6.07) is 14.5. The fourth-order valence-electron chi connectivity index (χ4n) is 5.18. The average molecular weight is 550 g/mol. The van der Waals surface area contributed by atoms with Crippen LogP contribution in [0, 0.1) is 24.1 Å². The van der Waals surface area contributed by atoms with Crippen molar-refractivity contribution in [2.75, 3.05) is 32.8 Å². The van der Waals surface area contributed by atoms with E-state index in [1.54, 1.807) is 26.9 Å². The van der Waals surface area contributed by atoms with Crippen LogP contribution >= 0.6 is 0 Å². The number of benzene rings is 2. The van der Waals surface area contributed by atoms with Gasteiger partial charge in [0.25, 0.3) is 0 Å². The van der Waals surface area contributed by atoms with Gasteiger partial charge in [-0.05, 0) is 29.2 Å². The number of fused-ring (bicyclic) bond motifs is 1. The van der Waals surface area contributed by atoms with E-state index in [2.05, 4.69) is 11.2 Å². The van der Waals surface area contributed by atoms with E-state index in [9.17, 15) is 18.8 Å². The number of hydrazine groups is 1. The lowest BCUT2D eigenvalue weighted by molar-refractivity contribution is -0.192. The minimum absolute atomic E-state index is 0.0630. The summed E-state index contributed by atoms with van der Waals surface area (Å²) in [5, 5.41) is 6.00. The number of hydrogen-bond acceptors (Lipinski definition) is 5. The van der Waals surface area contributed by atoms with Crippen molar-refractivity contribution in [2.24, 2.45) is 5.92 Å². The summed E-state index contributed by atoms with van der Waals surface area (Å²) < 4.78 is 19.3. The van der Waals surface area contributed by atoms with E-state index in [-0.39, 0.29) is 62.9 Å². The predicted octanol–water partition coefficient (Wildman–Crippen LogP) is 2.83. The second kappa shape index (κ2) is 13.4. The Labute approximate surface area is 234 Å². The lowest BCUT2D eigenvalue weighted by Gasteiger charge is -2.55. The maximum atomic E-state index is 13.7. The maximum absolute atomic E-state index is 13.7. The van der Waals surface area contributed by atoms with Crippen molar-refractivity contribution in [3.05, 3.63) is 71.5 Å². The van der Waals surface area contributed by atoms with Crippen LogP contribution in [0.5, 0.6) is 0 Å². The van der Waals surface area contributed by atoms with Gasteiger partial charge in [0.05, 0.1) is 32.8 Å². The Morgan fingerprint density at radius 3 is 2.62 bits per heavy atom. The second-order valence-corrected chi connectivity index (χ2v) is 10.1. The zero-order valence-corrected chi connectivity index (χ0v) is 23.0. The van der Waals surface area contributed by atoms with Crippen molar-refractivity contribution in [3.8, 4) is 12.3 Å². The standard InChI is InChI=1S/C30H36FN5O4/c1-4-14-34-20-27(37)35-26(36(34)30(39)32-18-23-10-7-6-8-11-23)19-33(29(38)28(35)22(3)5-2)15-16-40-21-24-12-9-13-25(31)17-24/h1,6-13,17,22,26,28H,5,14-16,18-21H2,2-3H3,(H,32,39)/t22?,26-,28-/m0/s1. The fraction of sp³-hybridized carbons (Fsp3) is 0.433. The number of terminal acetylenes is 1. The third kappa shape index (κ3) is 6.61. The van der Waals surface area contributed by atoms with Gasteiger partial charge >= 0.3 is 6.03 Å². The highest BCUT2D eigenvalue weighted by Gasteiger charge is 2.52. The summed E-state index contributed by atoms with van der Waals surface area (Å²) in [7, 11) is 0. The molecule has 4 amide bonds. The van der Waals surface area contributed by atoms with E-state index in [0.29, 0.717) is 18.5 Å². The topological polar surface area (TPSA) is 85.4 Å². The number of nitrogens with zero attached hydrogens (tertiary/aromatic N) is 4. The molecule has 2 saturated heterocycles. The van der Waals surface area contributed by atoms with Crippen LogP contribution in [0.2, 0.25) is 0 Å². The molecule has 2 heterocycles. The van der Waals surface area contributed by atoms with Crippen molar-refractivity contribution in [1.29, 1.82) is 0 Å². The molecule has 1 N–H and O–H groups in total. The number of piperazine rings is 1. The quantitative estimate of drug-likeness (QED) is 0.364. The lowest BCUT2D eigenvalue weighted by atomic mass is 9.92. The van der Waals surface area contributed by atoms with Crippen LogP contribution in [0.4, 0.5) is 9.18 Å². The Balaban J connectivity index is 1.54. The monoisotopic (exact) mass is 549 g/mol. The molecule has 0 spiro atoms. The molecule has 2 aromatic rings. The molecule has 9 nitrogen and oxygen atoms in total. The zero-order chi connectivity index (χ0) is 28.6. The molecule has 10 heteroatoms. The first-order chi connectivity index (χ1) is 19.3. The molecular formula is C30H36FN5O4. The molecule has 2 aliphatic rings. The van der Waals surface area contributed by atoms with Crippen molar-refractivity contribution in [2.45, 2.75) is 45.6 Å². The number of carbonyl (C=O) groups excluding carboxylic acids is 3. The van der Waals surface area contributed by atoms with Gasteiger partial charge in [-0.25, -0.2) is 14.2 Å². The Morgan fingerprint density at radius 1 is 1.18 bits per heavy atom. The van der Waals surface area contributed by atoms with Gasteiger partial charge in [-0.3, -0.25) is 9.59 Å². The summed E-state index contributed by atoms with van der Waals surface area (Å²) in [5.41, 5.74) is 1.62. The van der Waals surface area contributed by atoms with Crippen LogP contribution in [0.25, 0.3) is 0 Å². The van der Waals surface area contributed by atoms with Gasteiger partial charge in [0.2, 0.25) is 11.8 Å². The number of urea groups is 1. The number of carbonyl (C=O) groups is 3. The van der Waals surface area contributed by atoms with E-state index in [4.69, 9.17) is 11.2 Å². The van der Waals surface area contributed by atoms with Crippen molar-refractivity contribution >= 4 is 17.8 Å². The smallest absolute Gasteiger partial charge is 0.334 e. The molecule has 2 fully saturated rings. The molecule has 3 atom stereocenters. The number of ether oxygens (including phenoxy) is 1. The van der Waals surface area contributed by atoms with E-state index in [1.807, 2.05) is 44.2 Å². The maximum Gasteiger partial charge on any atom is 0.334 e. The van der Waals surface area contributed by atoms with E-state index < -0.39 is 18.2 Å². The summed E-state index contributed by atoms with van der Waals surface area (Å²) >= 11 is 0. The number of hydrogen-bond donors (Lipinski definition) is 1. The highest BCUT2D eigenvalue weighted by Crippen LogP contribution is 2.30. The van der Waals surface area contributed by atoms with Crippen molar-refractivity contribution < 1.29 is 23.5 Å². The molecule has 0 aromatic heterocycles. The van der Waals surface area contributed by atoms with Crippen molar-refractivity contribution in [3.63, 3.8) is 0 Å². The minimum atomic E-state index is -0.731. The van der Waals surface area contributed by atoms with E-state index in [0.717, 1.165) is 5.56 Å². The van der Waals surface area contributed by atoms with Crippen LogP contribution < -0.4 is 5.32 Å². The molecule has 2 aliphatic heterocycles. The van der Waals surface area contributed by atoms with Gasteiger partial charge in [0.1, 0.15) is 18.0 Å². The second-order valence-electron chi connectivity index (χ2n) is 10.1. The van der Waals surface area contributed by atoms with Crippen LogP contribution in [0.1, 0.15) is 31.4 Å². The predicted molar refractivity (Wildman–Crippen MR) is 147 cm³/mol. The molecule has 0 saturated carbocycles. The van der Waals surface area contributed by atoms with Crippen LogP contribution in [0.3, 0.4) is 0 Å². The van der Waals surface area contributed by atoms with Crippen LogP contribution in [-0.2, 0) is 27.5 Å². The fourth-order valence-corrected chi connectivity index (χ4v) is 5.18. The molecule has 2 aromatic carbocycles. The molecule has 0 radical (unpaired) electrons. The Morgan fingerprint density at radius 2 is 1.93 bits per heavy atom. The minimum Gasteiger partial charge on any atom is -0.375 e. The van der Waals surface area contributed by atoms with E-state index >= 15 is 0 Å². The first-order valence-corrected chi connectivity index (χ1v) is 13.6. The molecule has 4 rings (SSSR count). The highest BCUT2D eigenvalue weighted by molar-refractivity contribution is 5.91. The Kier molecular flexibility index (Phi) is 9.74. The van der Waals surface area contributed by atoms with Gasteiger partial charge in [-0.2, -0.15) is 5.01 Å². The van der Waals surface area contributed by atoms with Gasteiger partial charge < -0.3 is 19.9 Å². The molecule has 0 aliphatic carbocycles. The lowest BCUT2D eigenvalue weighted by Crippen LogP contribution is -2.77. The Hall–Kier alpha value is -3.94. The Bertz CT molecular complexity index is 1240. The molecular weight excluding hydrogens is 513 g/mol. The molecule has 212 valence electrons. The summed E-state index contributed by atoms with van der Waals surface area (Å²) in [5.74, 6) is 1.65. The largest absolute Gasteiger partial charge is 0.375 e. The first-order valence-electron chi connectivity index (χ1n) is 13.6. The number of rotatable bonds is 10. The van der Waals surface area contributed by atoms with Crippen molar-refractivity contribution in [1.82, 2.24) is 25.1 Å². The number of nitrogens with one attached hydrogen (secondary N) is 1.